The minimum absolute atomic E-state index is 0.0235. The summed E-state index contributed by atoms with van der Waals surface area (Å²) in [6, 6.07) is 7.10. The van der Waals surface area contributed by atoms with Crippen molar-refractivity contribution in [2.45, 2.75) is 31.7 Å². The molecule has 27 heavy (non-hydrogen) atoms. The normalized spacial score (nSPS) is 23.8. The molecule has 0 bridgehead atoms. The summed E-state index contributed by atoms with van der Waals surface area (Å²) in [6.07, 6.45) is 7.79. The van der Waals surface area contributed by atoms with Gasteiger partial charge < -0.3 is 10.4 Å². The monoisotopic (exact) mass is 364 g/mol. The van der Waals surface area contributed by atoms with Gasteiger partial charge in [0.05, 0.1) is 18.1 Å². The van der Waals surface area contributed by atoms with E-state index in [-0.39, 0.29) is 5.69 Å². The molecule has 1 spiro atoms. The van der Waals surface area contributed by atoms with Gasteiger partial charge in [-0.2, -0.15) is 0 Å². The Balaban J connectivity index is 1.33. The predicted molar refractivity (Wildman–Crippen MR) is 102 cm³/mol. The number of nitrogens with one attached hydrogen (secondary N) is 1. The van der Waals surface area contributed by atoms with Crippen LogP contribution in [0.25, 0.3) is 11.3 Å². The van der Waals surface area contributed by atoms with Gasteiger partial charge >= 0.3 is 5.97 Å². The maximum atomic E-state index is 10.9. The molecule has 140 valence electrons. The zero-order chi connectivity index (χ0) is 18.4. The fourth-order valence-corrected chi connectivity index (χ4v) is 5.03. The summed E-state index contributed by atoms with van der Waals surface area (Å²) in [6.45, 7) is 4.81. The van der Waals surface area contributed by atoms with Crippen molar-refractivity contribution in [2.24, 2.45) is 5.41 Å². The van der Waals surface area contributed by atoms with Gasteiger partial charge in [-0.1, -0.05) is 12.1 Å². The molecule has 0 saturated carbocycles. The summed E-state index contributed by atoms with van der Waals surface area (Å²) >= 11 is 0. The standard InChI is InChI=1S/C21H24N4O2/c26-20(27)18-11-23-17(10-24-18)15-1-3-16-14(9-15)2-4-19(16)25-12-21(13-25)5-7-22-8-6-21/h1,3,9-11,19,22H,2,4-8,12-13H2,(H,26,27)/t19-/m1/s1. The number of piperidine rings is 1. The third-order valence-electron chi connectivity index (χ3n) is 6.54. The maximum Gasteiger partial charge on any atom is 0.356 e. The number of rotatable bonds is 3. The minimum Gasteiger partial charge on any atom is -0.476 e. The van der Waals surface area contributed by atoms with Crippen molar-refractivity contribution in [2.75, 3.05) is 26.2 Å². The van der Waals surface area contributed by atoms with E-state index >= 15 is 0 Å². The van der Waals surface area contributed by atoms with E-state index in [2.05, 4.69) is 38.4 Å². The second-order valence-electron chi connectivity index (χ2n) is 8.22. The molecule has 2 saturated heterocycles. The second kappa shape index (κ2) is 6.39. The molecule has 6 heteroatoms. The van der Waals surface area contributed by atoms with Crippen molar-refractivity contribution in [3.8, 4) is 11.3 Å². The molecule has 2 N–H and O–H groups in total. The van der Waals surface area contributed by atoms with Crippen LogP contribution in [0.1, 0.15) is 46.9 Å². The minimum atomic E-state index is -1.05. The summed E-state index contributed by atoms with van der Waals surface area (Å²) < 4.78 is 0. The van der Waals surface area contributed by atoms with Crippen LogP contribution in [0, 0.1) is 5.41 Å². The summed E-state index contributed by atoms with van der Waals surface area (Å²) in [5.74, 6) is -1.05. The van der Waals surface area contributed by atoms with Gasteiger partial charge in [0.25, 0.3) is 0 Å². The number of benzene rings is 1. The lowest BCUT2D eigenvalue weighted by atomic mass is 9.71. The molecule has 1 atom stereocenters. The highest BCUT2D eigenvalue weighted by atomic mass is 16.4. The van der Waals surface area contributed by atoms with E-state index < -0.39 is 5.97 Å². The topological polar surface area (TPSA) is 78.3 Å². The molecule has 1 aromatic carbocycles. The molecular formula is C21H24N4O2. The Morgan fingerprint density at radius 2 is 2.00 bits per heavy atom. The number of aromatic carboxylic acids is 1. The Kier molecular flexibility index (Phi) is 3.98. The van der Waals surface area contributed by atoms with Crippen molar-refractivity contribution in [1.82, 2.24) is 20.2 Å². The third kappa shape index (κ3) is 2.93. The lowest BCUT2D eigenvalue weighted by Gasteiger charge is -2.55. The Morgan fingerprint density at radius 3 is 2.70 bits per heavy atom. The third-order valence-corrected chi connectivity index (χ3v) is 6.54. The quantitative estimate of drug-likeness (QED) is 0.871. The zero-order valence-corrected chi connectivity index (χ0v) is 15.3. The summed E-state index contributed by atoms with van der Waals surface area (Å²) in [7, 11) is 0. The average molecular weight is 364 g/mol. The van der Waals surface area contributed by atoms with Gasteiger partial charge in [-0.15, -0.1) is 0 Å². The number of hydrogen-bond donors (Lipinski definition) is 2. The molecule has 2 aromatic rings. The number of carboxylic acid groups (broad SMARTS) is 1. The number of likely N-dealkylation sites (tertiary alicyclic amines) is 1. The molecule has 0 unspecified atom stereocenters. The smallest absolute Gasteiger partial charge is 0.356 e. The predicted octanol–water partition coefficient (Wildman–Crippen LogP) is 2.51. The van der Waals surface area contributed by atoms with Gasteiger partial charge in [0.1, 0.15) is 0 Å². The van der Waals surface area contributed by atoms with E-state index in [9.17, 15) is 4.79 Å². The lowest BCUT2D eigenvalue weighted by Crippen LogP contribution is -2.60. The van der Waals surface area contributed by atoms with Gasteiger partial charge in [-0.3, -0.25) is 9.88 Å². The first kappa shape index (κ1) is 16.8. The highest BCUT2D eigenvalue weighted by Crippen LogP contribution is 2.47. The molecule has 1 aliphatic carbocycles. The summed E-state index contributed by atoms with van der Waals surface area (Å²) in [5.41, 5.74) is 5.13. The molecule has 0 radical (unpaired) electrons. The molecule has 2 aliphatic heterocycles. The van der Waals surface area contributed by atoms with Crippen LogP contribution in [0.15, 0.2) is 30.6 Å². The Hall–Kier alpha value is -2.31. The van der Waals surface area contributed by atoms with E-state index in [1.807, 2.05) is 0 Å². The highest BCUT2D eigenvalue weighted by molar-refractivity contribution is 5.85. The Bertz CT molecular complexity index is 866. The van der Waals surface area contributed by atoms with Crippen LogP contribution >= 0.6 is 0 Å². The van der Waals surface area contributed by atoms with E-state index in [1.165, 1.54) is 62.8 Å². The molecule has 3 heterocycles. The number of aryl methyl sites for hydroxylation is 1. The van der Waals surface area contributed by atoms with Crippen LogP contribution in [0.3, 0.4) is 0 Å². The van der Waals surface area contributed by atoms with Crippen LogP contribution < -0.4 is 5.32 Å². The fourth-order valence-electron chi connectivity index (χ4n) is 5.03. The van der Waals surface area contributed by atoms with Gasteiger partial charge in [-0.05, 0) is 61.4 Å². The van der Waals surface area contributed by atoms with Gasteiger partial charge in [0.2, 0.25) is 0 Å². The maximum absolute atomic E-state index is 10.9. The van der Waals surface area contributed by atoms with E-state index in [0.717, 1.165) is 17.7 Å². The fraction of sp³-hybridized carbons (Fsp3) is 0.476. The molecule has 0 amide bonds. The van der Waals surface area contributed by atoms with Crippen molar-refractivity contribution < 1.29 is 9.90 Å². The number of carboxylic acids is 1. The van der Waals surface area contributed by atoms with Gasteiger partial charge in [0.15, 0.2) is 5.69 Å². The SMILES string of the molecule is O=C(O)c1cnc(-c2ccc3c(c2)CC[C@H]3N2CC3(CCNCC3)C2)cn1. The summed E-state index contributed by atoms with van der Waals surface area (Å²) in [4.78, 5) is 21.9. The van der Waals surface area contributed by atoms with E-state index in [0.29, 0.717) is 11.5 Å². The van der Waals surface area contributed by atoms with E-state index in [1.54, 1.807) is 6.20 Å². The highest BCUT2D eigenvalue weighted by Gasteiger charge is 2.46. The van der Waals surface area contributed by atoms with Crippen molar-refractivity contribution in [3.63, 3.8) is 0 Å². The number of nitrogens with zero attached hydrogens (tertiary/aromatic N) is 3. The van der Waals surface area contributed by atoms with E-state index in [4.69, 9.17) is 5.11 Å². The number of hydrogen-bond acceptors (Lipinski definition) is 5. The second-order valence-corrected chi connectivity index (χ2v) is 8.22. The Labute approximate surface area is 158 Å². The number of aromatic nitrogens is 2. The zero-order valence-electron chi connectivity index (χ0n) is 15.3. The molecule has 6 nitrogen and oxygen atoms in total. The number of carbonyl (C=O) groups is 1. The van der Waals surface area contributed by atoms with Crippen molar-refractivity contribution in [1.29, 1.82) is 0 Å². The van der Waals surface area contributed by atoms with Crippen LogP contribution in [-0.2, 0) is 6.42 Å². The van der Waals surface area contributed by atoms with Crippen molar-refractivity contribution in [3.05, 3.63) is 47.4 Å². The van der Waals surface area contributed by atoms with Crippen LogP contribution in [-0.4, -0.2) is 52.1 Å². The van der Waals surface area contributed by atoms with Crippen LogP contribution in [0.2, 0.25) is 0 Å². The number of fused-ring (bicyclic) bond motifs is 1. The first-order valence-electron chi connectivity index (χ1n) is 9.77. The molecule has 5 rings (SSSR count). The molecular weight excluding hydrogens is 340 g/mol. The molecule has 1 aromatic heterocycles. The first-order valence-corrected chi connectivity index (χ1v) is 9.77. The summed E-state index contributed by atoms with van der Waals surface area (Å²) in [5, 5.41) is 12.4. The van der Waals surface area contributed by atoms with Gasteiger partial charge in [-0.25, -0.2) is 9.78 Å². The molecule has 3 aliphatic rings. The van der Waals surface area contributed by atoms with Gasteiger partial charge in [0, 0.05) is 24.7 Å². The largest absolute Gasteiger partial charge is 0.476 e. The first-order chi connectivity index (χ1) is 13.1. The molecule has 2 fully saturated rings. The van der Waals surface area contributed by atoms with Crippen LogP contribution in [0.4, 0.5) is 0 Å². The average Bonchev–Trinajstić information content (AvgIpc) is 3.09. The van der Waals surface area contributed by atoms with Crippen LogP contribution in [0.5, 0.6) is 0 Å². The Morgan fingerprint density at radius 1 is 1.19 bits per heavy atom. The lowest BCUT2D eigenvalue weighted by molar-refractivity contribution is -0.0512. The van der Waals surface area contributed by atoms with Crippen molar-refractivity contribution >= 4 is 5.97 Å².